The largest absolute Gasteiger partial charge is 0.479 e. The Morgan fingerprint density at radius 1 is 1.41 bits per heavy atom. The van der Waals surface area contributed by atoms with E-state index in [9.17, 15) is 9.59 Å². The van der Waals surface area contributed by atoms with Crippen LogP contribution in [0.3, 0.4) is 0 Å². The molecule has 0 bridgehead atoms. The highest BCUT2D eigenvalue weighted by molar-refractivity contribution is 5.76. The number of hydrogen-bond acceptors (Lipinski definition) is 3. The topological polar surface area (TPSA) is 87.7 Å². The van der Waals surface area contributed by atoms with Crippen LogP contribution in [0.2, 0.25) is 0 Å². The van der Waals surface area contributed by atoms with Gasteiger partial charge in [-0.15, -0.1) is 0 Å². The smallest absolute Gasteiger partial charge is 0.334 e. The molecule has 0 aliphatic heterocycles. The predicted molar refractivity (Wildman–Crippen MR) is 61.8 cm³/mol. The van der Waals surface area contributed by atoms with Gasteiger partial charge in [0, 0.05) is 13.7 Å². The number of urea groups is 1. The standard InChI is InChI=1S/C11H20N2O4/c1-17-9(10(14)15)7-13-11(16)12-6-2-3-8-4-5-8/h8-9H,2-7H2,1H3,(H,14,15)(H2,12,13,16). The molecule has 3 N–H and O–H groups in total. The summed E-state index contributed by atoms with van der Waals surface area (Å²) < 4.78 is 4.69. The number of carboxylic acids is 1. The van der Waals surface area contributed by atoms with Gasteiger partial charge in [-0.3, -0.25) is 0 Å². The average molecular weight is 244 g/mol. The second-order valence-corrected chi connectivity index (χ2v) is 4.28. The third-order valence-corrected chi connectivity index (χ3v) is 2.78. The van der Waals surface area contributed by atoms with Gasteiger partial charge in [0.15, 0.2) is 6.10 Å². The number of carboxylic acid groups (broad SMARTS) is 1. The van der Waals surface area contributed by atoms with Crippen molar-refractivity contribution in [3.05, 3.63) is 0 Å². The SMILES string of the molecule is COC(CNC(=O)NCCCC1CC1)C(=O)O. The second-order valence-electron chi connectivity index (χ2n) is 4.28. The lowest BCUT2D eigenvalue weighted by atomic mass is 10.2. The fraction of sp³-hybridized carbons (Fsp3) is 0.818. The zero-order chi connectivity index (χ0) is 12.7. The van der Waals surface area contributed by atoms with Crippen molar-refractivity contribution < 1.29 is 19.4 Å². The van der Waals surface area contributed by atoms with Crippen molar-refractivity contribution in [3.8, 4) is 0 Å². The maximum absolute atomic E-state index is 11.3. The zero-order valence-electron chi connectivity index (χ0n) is 10.1. The lowest BCUT2D eigenvalue weighted by Gasteiger charge is -2.12. The van der Waals surface area contributed by atoms with E-state index in [1.165, 1.54) is 20.0 Å². The number of rotatable bonds is 8. The van der Waals surface area contributed by atoms with Crippen molar-refractivity contribution in [1.29, 1.82) is 0 Å². The summed E-state index contributed by atoms with van der Waals surface area (Å²) in [6.07, 6.45) is 3.79. The number of carbonyl (C=O) groups is 2. The Labute approximate surface area is 101 Å². The van der Waals surface area contributed by atoms with Crippen molar-refractivity contribution in [2.45, 2.75) is 31.8 Å². The second kappa shape index (κ2) is 7.11. The van der Waals surface area contributed by atoms with Crippen LogP contribution in [0, 0.1) is 5.92 Å². The average Bonchev–Trinajstić information content (AvgIpc) is 3.08. The molecule has 2 amide bonds. The Balaban J connectivity index is 2.00. The number of amides is 2. The molecule has 1 atom stereocenters. The summed E-state index contributed by atoms with van der Waals surface area (Å²) in [5.74, 6) is -0.216. The highest BCUT2D eigenvalue weighted by Gasteiger charge is 2.20. The molecule has 1 rings (SSSR count). The molecule has 0 spiro atoms. The maximum atomic E-state index is 11.3. The molecule has 0 radical (unpaired) electrons. The van der Waals surface area contributed by atoms with Gasteiger partial charge in [0.1, 0.15) is 0 Å². The molecule has 17 heavy (non-hydrogen) atoms. The third-order valence-electron chi connectivity index (χ3n) is 2.78. The highest BCUT2D eigenvalue weighted by atomic mass is 16.5. The number of aliphatic carboxylic acids is 1. The van der Waals surface area contributed by atoms with Gasteiger partial charge in [0.05, 0.1) is 6.54 Å². The van der Waals surface area contributed by atoms with Gasteiger partial charge < -0.3 is 20.5 Å². The zero-order valence-corrected chi connectivity index (χ0v) is 10.1. The van der Waals surface area contributed by atoms with Crippen LogP contribution in [0.25, 0.3) is 0 Å². The minimum absolute atomic E-state index is 0.0275. The maximum Gasteiger partial charge on any atom is 0.334 e. The first-order valence-corrected chi connectivity index (χ1v) is 5.90. The van der Waals surface area contributed by atoms with Crippen molar-refractivity contribution in [3.63, 3.8) is 0 Å². The first-order chi connectivity index (χ1) is 8.13. The van der Waals surface area contributed by atoms with Crippen LogP contribution in [-0.2, 0) is 9.53 Å². The summed E-state index contributed by atoms with van der Waals surface area (Å²) in [4.78, 5) is 21.9. The number of ether oxygens (including phenoxy) is 1. The molecule has 1 aliphatic rings. The Hall–Kier alpha value is -1.30. The molecule has 6 heteroatoms. The van der Waals surface area contributed by atoms with Gasteiger partial charge in [-0.25, -0.2) is 9.59 Å². The Bertz CT molecular complexity index is 266. The van der Waals surface area contributed by atoms with Gasteiger partial charge >= 0.3 is 12.0 Å². The molecular formula is C11H20N2O4. The van der Waals surface area contributed by atoms with E-state index in [4.69, 9.17) is 5.11 Å². The van der Waals surface area contributed by atoms with E-state index in [1.807, 2.05) is 0 Å². The number of nitrogens with one attached hydrogen (secondary N) is 2. The van der Waals surface area contributed by atoms with E-state index in [-0.39, 0.29) is 12.6 Å². The van der Waals surface area contributed by atoms with E-state index in [2.05, 4.69) is 15.4 Å². The summed E-state index contributed by atoms with van der Waals surface area (Å²) in [5, 5.41) is 13.8. The normalized spacial score (nSPS) is 16.3. The summed E-state index contributed by atoms with van der Waals surface area (Å²) in [6.45, 7) is 0.605. The van der Waals surface area contributed by atoms with E-state index in [0.717, 1.165) is 18.8 Å². The van der Waals surface area contributed by atoms with Crippen LogP contribution in [0.5, 0.6) is 0 Å². The van der Waals surface area contributed by atoms with Crippen LogP contribution < -0.4 is 10.6 Å². The Morgan fingerprint density at radius 3 is 2.65 bits per heavy atom. The van der Waals surface area contributed by atoms with Gasteiger partial charge in [0.25, 0.3) is 0 Å². The van der Waals surface area contributed by atoms with Crippen molar-refractivity contribution in [1.82, 2.24) is 10.6 Å². The van der Waals surface area contributed by atoms with Gasteiger partial charge in [-0.2, -0.15) is 0 Å². The summed E-state index contributed by atoms with van der Waals surface area (Å²) in [7, 11) is 1.30. The molecule has 1 aliphatic carbocycles. The summed E-state index contributed by atoms with van der Waals surface area (Å²) in [6, 6.07) is -0.343. The van der Waals surface area contributed by atoms with Crippen LogP contribution in [0.15, 0.2) is 0 Å². The lowest BCUT2D eigenvalue weighted by molar-refractivity contribution is -0.147. The predicted octanol–water partition coefficient (Wildman–Crippen LogP) is 0.575. The monoisotopic (exact) mass is 244 g/mol. The third kappa shape index (κ3) is 6.11. The molecular weight excluding hydrogens is 224 g/mol. The van der Waals surface area contributed by atoms with Crippen molar-refractivity contribution in [2.24, 2.45) is 5.92 Å². The minimum atomic E-state index is -1.08. The van der Waals surface area contributed by atoms with Gasteiger partial charge in [-0.1, -0.05) is 12.8 Å². The number of carbonyl (C=O) groups excluding carboxylic acids is 1. The first-order valence-electron chi connectivity index (χ1n) is 5.90. The Morgan fingerprint density at radius 2 is 2.12 bits per heavy atom. The molecule has 1 saturated carbocycles. The van der Waals surface area contributed by atoms with E-state index >= 15 is 0 Å². The number of hydrogen-bond donors (Lipinski definition) is 3. The van der Waals surface area contributed by atoms with E-state index < -0.39 is 12.1 Å². The molecule has 0 heterocycles. The van der Waals surface area contributed by atoms with Crippen molar-refractivity contribution in [2.75, 3.05) is 20.2 Å². The van der Waals surface area contributed by atoms with E-state index in [1.54, 1.807) is 0 Å². The van der Waals surface area contributed by atoms with Crippen molar-refractivity contribution >= 4 is 12.0 Å². The van der Waals surface area contributed by atoms with Crippen LogP contribution in [-0.4, -0.2) is 43.4 Å². The molecule has 1 unspecified atom stereocenters. The van der Waals surface area contributed by atoms with E-state index in [0.29, 0.717) is 6.54 Å². The molecule has 0 aromatic heterocycles. The van der Waals surface area contributed by atoms with Gasteiger partial charge in [0.2, 0.25) is 0 Å². The van der Waals surface area contributed by atoms with Crippen LogP contribution in [0.1, 0.15) is 25.7 Å². The fourth-order valence-corrected chi connectivity index (χ4v) is 1.52. The highest BCUT2D eigenvalue weighted by Crippen LogP contribution is 2.33. The Kier molecular flexibility index (Phi) is 5.76. The quantitative estimate of drug-likeness (QED) is 0.545. The minimum Gasteiger partial charge on any atom is -0.479 e. The summed E-state index contributed by atoms with van der Waals surface area (Å²) >= 11 is 0. The lowest BCUT2D eigenvalue weighted by Crippen LogP contribution is -2.43. The molecule has 6 nitrogen and oxygen atoms in total. The molecule has 98 valence electrons. The van der Waals surface area contributed by atoms with Crippen LogP contribution in [0.4, 0.5) is 4.79 Å². The molecule has 0 aromatic carbocycles. The first kappa shape index (κ1) is 13.8. The number of methoxy groups -OCH3 is 1. The van der Waals surface area contributed by atoms with Crippen LogP contribution >= 0.6 is 0 Å². The summed E-state index contributed by atoms with van der Waals surface area (Å²) in [5.41, 5.74) is 0. The van der Waals surface area contributed by atoms with Gasteiger partial charge in [-0.05, 0) is 18.8 Å². The fourth-order valence-electron chi connectivity index (χ4n) is 1.52. The molecule has 0 saturated heterocycles. The molecule has 1 fully saturated rings. The molecule has 0 aromatic rings.